The largest absolute Gasteiger partial charge is 0.573 e. The predicted molar refractivity (Wildman–Crippen MR) is 61.8 cm³/mol. The van der Waals surface area contributed by atoms with Crippen molar-refractivity contribution < 1.29 is 27.8 Å². The normalized spacial score (nSPS) is 12.7. The van der Waals surface area contributed by atoms with E-state index in [0.29, 0.717) is 5.69 Å². The van der Waals surface area contributed by atoms with E-state index in [2.05, 4.69) is 15.4 Å². The van der Waals surface area contributed by atoms with Crippen LogP contribution in [-0.2, 0) is 0 Å². The molecule has 0 aliphatic rings. The molecule has 1 unspecified atom stereocenters. The van der Waals surface area contributed by atoms with Crippen molar-refractivity contribution in [2.24, 2.45) is 0 Å². The first-order valence-electron chi connectivity index (χ1n) is 5.34. The SMILES string of the molecule is CC(CO)NC(=O)Nc1ccc(OC(F)(F)F)cc1. The van der Waals surface area contributed by atoms with Crippen molar-refractivity contribution in [1.29, 1.82) is 0 Å². The van der Waals surface area contributed by atoms with Gasteiger partial charge in [0.1, 0.15) is 5.75 Å². The quantitative estimate of drug-likeness (QED) is 0.789. The number of carbonyl (C=O) groups is 1. The molecule has 1 aromatic rings. The number of benzene rings is 1. The molecule has 0 saturated heterocycles. The highest BCUT2D eigenvalue weighted by atomic mass is 19.4. The number of ether oxygens (including phenoxy) is 1. The van der Waals surface area contributed by atoms with E-state index in [1.54, 1.807) is 6.92 Å². The Bertz CT molecular complexity index is 420. The van der Waals surface area contributed by atoms with Crippen molar-refractivity contribution in [1.82, 2.24) is 5.32 Å². The Labute approximate surface area is 107 Å². The highest BCUT2D eigenvalue weighted by Crippen LogP contribution is 2.23. The molecule has 5 nitrogen and oxygen atoms in total. The molecule has 0 spiro atoms. The summed E-state index contributed by atoms with van der Waals surface area (Å²) in [4.78, 5) is 11.4. The number of hydrogen-bond acceptors (Lipinski definition) is 3. The van der Waals surface area contributed by atoms with Gasteiger partial charge >= 0.3 is 12.4 Å². The molecule has 1 rings (SSSR count). The Morgan fingerprint density at radius 3 is 2.42 bits per heavy atom. The lowest BCUT2D eigenvalue weighted by Gasteiger charge is -2.12. The van der Waals surface area contributed by atoms with Gasteiger partial charge < -0.3 is 20.5 Å². The second kappa shape index (κ2) is 6.28. The van der Waals surface area contributed by atoms with Crippen LogP contribution in [0.2, 0.25) is 0 Å². The lowest BCUT2D eigenvalue weighted by atomic mass is 10.3. The first kappa shape index (κ1) is 15.1. The number of hydrogen-bond donors (Lipinski definition) is 3. The van der Waals surface area contributed by atoms with E-state index in [1.165, 1.54) is 12.1 Å². The van der Waals surface area contributed by atoms with Gasteiger partial charge in [0, 0.05) is 5.69 Å². The number of urea groups is 1. The van der Waals surface area contributed by atoms with Gasteiger partial charge in [0.15, 0.2) is 0 Å². The Balaban J connectivity index is 2.55. The van der Waals surface area contributed by atoms with Gasteiger partial charge in [0.25, 0.3) is 0 Å². The van der Waals surface area contributed by atoms with Gasteiger partial charge in [-0.25, -0.2) is 4.79 Å². The zero-order valence-corrected chi connectivity index (χ0v) is 9.99. The van der Waals surface area contributed by atoms with Crippen LogP contribution in [0.1, 0.15) is 6.92 Å². The maximum absolute atomic E-state index is 11.9. The molecule has 0 bridgehead atoms. The molecule has 0 aromatic heterocycles. The summed E-state index contributed by atoms with van der Waals surface area (Å²) < 4.78 is 39.4. The van der Waals surface area contributed by atoms with E-state index in [9.17, 15) is 18.0 Å². The third-order valence-corrected chi connectivity index (χ3v) is 2.00. The molecule has 106 valence electrons. The van der Waals surface area contributed by atoms with Crippen molar-refractivity contribution in [2.75, 3.05) is 11.9 Å². The van der Waals surface area contributed by atoms with Crippen LogP contribution < -0.4 is 15.4 Å². The molecule has 2 amide bonds. The number of amides is 2. The molecule has 0 aliphatic carbocycles. The van der Waals surface area contributed by atoms with Crippen LogP contribution in [0.5, 0.6) is 5.75 Å². The average molecular weight is 278 g/mol. The molecular formula is C11H13F3N2O3. The lowest BCUT2D eigenvalue weighted by molar-refractivity contribution is -0.274. The smallest absolute Gasteiger partial charge is 0.406 e. The van der Waals surface area contributed by atoms with Crippen LogP contribution >= 0.6 is 0 Å². The zero-order chi connectivity index (χ0) is 14.5. The van der Waals surface area contributed by atoms with Crippen LogP contribution in [0, 0.1) is 0 Å². The number of nitrogens with one attached hydrogen (secondary N) is 2. The second-order valence-corrected chi connectivity index (χ2v) is 3.75. The summed E-state index contributed by atoms with van der Waals surface area (Å²) in [5.41, 5.74) is 0.303. The molecule has 1 aromatic carbocycles. The minimum atomic E-state index is -4.75. The Morgan fingerprint density at radius 1 is 1.37 bits per heavy atom. The molecule has 0 aliphatic heterocycles. The van der Waals surface area contributed by atoms with Crippen molar-refractivity contribution in [3.63, 3.8) is 0 Å². The van der Waals surface area contributed by atoms with Gasteiger partial charge in [-0.05, 0) is 31.2 Å². The molecule has 0 fully saturated rings. The van der Waals surface area contributed by atoms with Gasteiger partial charge in [-0.15, -0.1) is 13.2 Å². The maximum atomic E-state index is 11.9. The number of aliphatic hydroxyl groups excluding tert-OH is 1. The van der Waals surface area contributed by atoms with E-state index in [0.717, 1.165) is 12.1 Å². The Kier molecular flexibility index (Phi) is 4.99. The Hall–Kier alpha value is -1.96. The third kappa shape index (κ3) is 5.96. The fraction of sp³-hybridized carbons (Fsp3) is 0.364. The number of carbonyl (C=O) groups excluding carboxylic acids is 1. The molecule has 19 heavy (non-hydrogen) atoms. The minimum absolute atomic E-state index is 0.216. The van der Waals surface area contributed by atoms with Crippen LogP contribution in [0.15, 0.2) is 24.3 Å². The van der Waals surface area contributed by atoms with Gasteiger partial charge in [0.2, 0.25) is 0 Å². The summed E-state index contributed by atoms with van der Waals surface area (Å²) in [6, 6.07) is 3.71. The first-order valence-corrected chi connectivity index (χ1v) is 5.34. The highest BCUT2D eigenvalue weighted by molar-refractivity contribution is 5.89. The highest BCUT2D eigenvalue weighted by Gasteiger charge is 2.30. The van der Waals surface area contributed by atoms with E-state index in [-0.39, 0.29) is 12.4 Å². The zero-order valence-electron chi connectivity index (χ0n) is 9.99. The van der Waals surface area contributed by atoms with Crippen molar-refractivity contribution in [3.05, 3.63) is 24.3 Å². The summed E-state index contributed by atoms with van der Waals surface area (Å²) in [6.07, 6.45) is -4.75. The molecule has 8 heteroatoms. The topological polar surface area (TPSA) is 70.6 Å². The third-order valence-electron chi connectivity index (χ3n) is 2.00. The van der Waals surface area contributed by atoms with Crippen LogP contribution in [0.25, 0.3) is 0 Å². The molecule has 0 heterocycles. The number of alkyl halides is 3. The van der Waals surface area contributed by atoms with E-state index >= 15 is 0 Å². The fourth-order valence-corrected chi connectivity index (χ4v) is 1.18. The second-order valence-electron chi connectivity index (χ2n) is 3.75. The van der Waals surface area contributed by atoms with E-state index in [1.807, 2.05) is 0 Å². The Morgan fingerprint density at radius 2 is 1.95 bits per heavy atom. The molecule has 3 N–H and O–H groups in total. The van der Waals surface area contributed by atoms with E-state index < -0.39 is 18.4 Å². The summed E-state index contributed by atoms with van der Waals surface area (Å²) in [5.74, 6) is -0.373. The fourth-order valence-electron chi connectivity index (χ4n) is 1.18. The monoisotopic (exact) mass is 278 g/mol. The van der Waals surface area contributed by atoms with Crippen LogP contribution in [0.4, 0.5) is 23.7 Å². The molecule has 0 radical (unpaired) electrons. The summed E-state index contributed by atoms with van der Waals surface area (Å²) in [7, 11) is 0. The maximum Gasteiger partial charge on any atom is 0.573 e. The van der Waals surface area contributed by atoms with Crippen LogP contribution in [-0.4, -0.2) is 30.1 Å². The number of aliphatic hydroxyl groups is 1. The van der Waals surface area contributed by atoms with Gasteiger partial charge in [0.05, 0.1) is 12.6 Å². The van der Waals surface area contributed by atoms with E-state index in [4.69, 9.17) is 5.11 Å². The van der Waals surface area contributed by atoms with Crippen LogP contribution in [0.3, 0.4) is 0 Å². The van der Waals surface area contributed by atoms with Crippen molar-refractivity contribution in [3.8, 4) is 5.75 Å². The number of anilines is 1. The summed E-state index contributed by atoms with van der Waals surface area (Å²) in [6.45, 7) is 1.38. The predicted octanol–water partition coefficient (Wildman–Crippen LogP) is 2.09. The van der Waals surface area contributed by atoms with Crippen molar-refractivity contribution >= 4 is 11.7 Å². The van der Waals surface area contributed by atoms with Gasteiger partial charge in [-0.3, -0.25) is 0 Å². The van der Waals surface area contributed by atoms with Crippen molar-refractivity contribution in [2.45, 2.75) is 19.3 Å². The number of halogens is 3. The summed E-state index contributed by atoms with van der Waals surface area (Å²) in [5, 5.41) is 13.5. The van der Waals surface area contributed by atoms with Gasteiger partial charge in [-0.1, -0.05) is 0 Å². The molecule has 1 atom stereocenters. The molecular weight excluding hydrogens is 265 g/mol. The number of rotatable bonds is 4. The lowest BCUT2D eigenvalue weighted by Crippen LogP contribution is -2.38. The molecule has 0 saturated carbocycles. The standard InChI is InChI=1S/C11H13F3N2O3/c1-7(6-17)15-10(18)16-8-2-4-9(5-3-8)19-11(12,13)14/h2-5,7,17H,6H2,1H3,(H2,15,16,18). The summed E-state index contributed by atoms with van der Waals surface area (Å²) >= 11 is 0. The minimum Gasteiger partial charge on any atom is -0.406 e. The first-order chi connectivity index (χ1) is 8.80. The van der Waals surface area contributed by atoms with Gasteiger partial charge in [-0.2, -0.15) is 0 Å². The average Bonchev–Trinajstić information content (AvgIpc) is 2.29.